The molecule has 86 valence electrons. The van der Waals surface area contributed by atoms with Crippen LogP contribution >= 0.6 is 0 Å². The first-order valence-electron chi connectivity index (χ1n) is 5.04. The minimum atomic E-state index is -0.119. The number of hydrogen-bond acceptors (Lipinski definition) is 3. The molecular weight excluding hydrogens is 204 g/mol. The lowest BCUT2D eigenvalue weighted by molar-refractivity contribution is -0.115. The number of benzene rings is 1. The second-order valence-electron chi connectivity index (χ2n) is 3.47. The molecule has 0 saturated carbocycles. The highest BCUT2D eigenvalue weighted by Gasteiger charge is 2.02. The summed E-state index contributed by atoms with van der Waals surface area (Å²) < 4.78 is 0. The number of phenols is 1. The third-order valence-corrected chi connectivity index (χ3v) is 2.05. The van der Waals surface area contributed by atoms with Gasteiger partial charge >= 0.3 is 0 Å². The van der Waals surface area contributed by atoms with Gasteiger partial charge in [0.15, 0.2) is 0 Å². The maximum Gasteiger partial charge on any atom is 0.238 e. The van der Waals surface area contributed by atoms with Gasteiger partial charge in [0.2, 0.25) is 5.91 Å². The van der Waals surface area contributed by atoms with Crippen molar-refractivity contribution >= 4 is 11.6 Å². The second kappa shape index (κ2) is 5.92. The van der Waals surface area contributed by atoms with Crippen molar-refractivity contribution in [1.29, 1.82) is 0 Å². The van der Waals surface area contributed by atoms with E-state index in [1.54, 1.807) is 31.2 Å². The van der Waals surface area contributed by atoms with E-state index in [9.17, 15) is 9.90 Å². The molecule has 0 unspecified atom stereocenters. The van der Waals surface area contributed by atoms with Gasteiger partial charge in [-0.3, -0.25) is 4.79 Å². The molecule has 3 N–H and O–H groups in total. The molecule has 0 fully saturated rings. The molecule has 4 nitrogen and oxygen atoms in total. The summed E-state index contributed by atoms with van der Waals surface area (Å²) >= 11 is 0. The Morgan fingerprint density at radius 2 is 2.31 bits per heavy atom. The Labute approximate surface area is 95.0 Å². The summed E-state index contributed by atoms with van der Waals surface area (Å²) in [4.78, 5) is 11.4. The molecule has 1 rings (SSSR count). The van der Waals surface area contributed by atoms with Gasteiger partial charge in [0.25, 0.3) is 0 Å². The zero-order valence-electron chi connectivity index (χ0n) is 9.29. The normalized spacial score (nSPS) is 9.81. The van der Waals surface area contributed by atoms with E-state index in [0.717, 1.165) is 5.56 Å². The van der Waals surface area contributed by atoms with Gasteiger partial charge < -0.3 is 15.7 Å². The standard InChI is InChI=1S/C12H16N2O2/c1-3-6-13-8-12(16)14-10-4-5-11(15)9(2)7-10/h3-5,7,13,15H,1,6,8H2,2H3,(H,14,16). The lowest BCUT2D eigenvalue weighted by Gasteiger charge is -2.07. The third kappa shape index (κ3) is 3.74. The quantitative estimate of drug-likeness (QED) is 0.399. The number of aryl methyl sites for hydroxylation is 1. The van der Waals surface area contributed by atoms with Crippen LogP contribution in [0.1, 0.15) is 5.56 Å². The fourth-order valence-electron chi connectivity index (χ4n) is 1.23. The van der Waals surface area contributed by atoms with Crippen LogP contribution in [0.5, 0.6) is 5.75 Å². The lowest BCUT2D eigenvalue weighted by Crippen LogP contribution is -2.28. The summed E-state index contributed by atoms with van der Waals surface area (Å²) in [6.07, 6.45) is 1.69. The van der Waals surface area contributed by atoms with Crippen molar-refractivity contribution in [1.82, 2.24) is 5.32 Å². The van der Waals surface area contributed by atoms with E-state index in [1.807, 2.05) is 0 Å². The van der Waals surface area contributed by atoms with Gasteiger partial charge in [0, 0.05) is 12.2 Å². The topological polar surface area (TPSA) is 61.4 Å². The first-order valence-corrected chi connectivity index (χ1v) is 5.04. The Morgan fingerprint density at radius 3 is 2.94 bits per heavy atom. The van der Waals surface area contributed by atoms with Crippen LogP contribution in [0.15, 0.2) is 30.9 Å². The average Bonchev–Trinajstić information content (AvgIpc) is 2.24. The van der Waals surface area contributed by atoms with Gasteiger partial charge in [0.05, 0.1) is 6.54 Å². The van der Waals surface area contributed by atoms with E-state index in [0.29, 0.717) is 12.2 Å². The van der Waals surface area contributed by atoms with Crippen LogP contribution in [-0.2, 0) is 4.79 Å². The minimum Gasteiger partial charge on any atom is -0.508 e. The highest BCUT2D eigenvalue weighted by atomic mass is 16.3. The molecule has 0 spiro atoms. The van der Waals surface area contributed by atoms with Crippen LogP contribution in [0, 0.1) is 6.92 Å². The number of rotatable bonds is 5. The van der Waals surface area contributed by atoms with Gasteiger partial charge in [-0.1, -0.05) is 6.08 Å². The van der Waals surface area contributed by atoms with E-state index >= 15 is 0 Å². The molecule has 0 aliphatic heterocycles. The van der Waals surface area contributed by atoms with E-state index in [-0.39, 0.29) is 18.2 Å². The molecule has 1 aromatic rings. The molecule has 0 aliphatic rings. The van der Waals surface area contributed by atoms with Crippen molar-refractivity contribution in [2.45, 2.75) is 6.92 Å². The van der Waals surface area contributed by atoms with E-state index in [4.69, 9.17) is 0 Å². The molecular formula is C12H16N2O2. The largest absolute Gasteiger partial charge is 0.508 e. The highest BCUT2D eigenvalue weighted by molar-refractivity contribution is 5.92. The number of hydrogen-bond donors (Lipinski definition) is 3. The molecule has 16 heavy (non-hydrogen) atoms. The summed E-state index contributed by atoms with van der Waals surface area (Å²) in [6.45, 7) is 6.16. The zero-order valence-corrected chi connectivity index (χ0v) is 9.29. The summed E-state index contributed by atoms with van der Waals surface area (Å²) in [7, 11) is 0. The van der Waals surface area contributed by atoms with Crippen LogP contribution in [-0.4, -0.2) is 24.1 Å². The van der Waals surface area contributed by atoms with Gasteiger partial charge in [-0.05, 0) is 30.7 Å². The molecule has 0 aromatic heterocycles. The van der Waals surface area contributed by atoms with Gasteiger partial charge in [-0.25, -0.2) is 0 Å². The fourth-order valence-corrected chi connectivity index (χ4v) is 1.23. The molecule has 0 radical (unpaired) electrons. The fraction of sp³-hybridized carbons (Fsp3) is 0.250. The van der Waals surface area contributed by atoms with Gasteiger partial charge in [-0.2, -0.15) is 0 Å². The first kappa shape index (κ1) is 12.3. The third-order valence-electron chi connectivity index (χ3n) is 2.05. The molecule has 4 heteroatoms. The van der Waals surface area contributed by atoms with Crippen LogP contribution in [0.2, 0.25) is 0 Å². The average molecular weight is 220 g/mol. The summed E-state index contributed by atoms with van der Waals surface area (Å²) in [5.74, 6) is 0.106. The summed E-state index contributed by atoms with van der Waals surface area (Å²) in [5.41, 5.74) is 1.41. The van der Waals surface area contributed by atoms with Crippen molar-refractivity contribution in [3.05, 3.63) is 36.4 Å². The molecule has 0 aliphatic carbocycles. The number of carbonyl (C=O) groups is 1. The minimum absolute atomic E-state index is 0.119. The molecule has 0 heterocycles. The van der Waals surface area contributed by atoms with E-state index in [1.165, 1.54) is 0 Å². The first-order chi connectivity index (χ1) is 7.63. The Bertz CT molecular complexity index is 389. The van der Waals surface area contributed by atoms with Crippen molar-refractivity contribution in [2.75, 3.05) is 18.4 Å². The maximum atomic E-state index is 11.4. The Morgan fingerprint density at radius 1 is 1.56 bits per heavy atom. The number of anilines is 1. The summed E-state index contributed by atoms with van der Waals surface area (Å²) in [6, 6.07) is 4.94. The van der Waals surface area contributed by atoms with E-state index < -0.39 is 0 Å². The number of amides is 1. The monoisotopic (exact) mass is 220 g/mol. The maximum absolute atomic E-state index is 11.4. The second-order valence-corrected chi connectivity index (χ2v) is 3.47. The molecule has 1 aromatic carbocycles. The SMILES string of the molecule is C=CCNCC(=O)Nc1ccc(O)c(C)c1. The molecule has 0 saturated heterocycles. The lowest BCUT2D eigenvalue weighted by atomic mass is 10.2. The van der Waals surface area contributed by atoms with Crippen LogP contribution in [0.4, 0.5) is 5.69 Å². The Kier molecular flexibility index (Phi) is 4.54. The van der Waals surface area contributed by atoms with Crippen molar-refractivity contribution in [2.24, 2.45) is 0 Å². The number of nitrogens with one attached hydrogen (secondary N) is 2. The molecule has 1 amide bonds. The Balaban J connectivity index is 2.49. The van der Waals surface area contributed by atoms with Crippen LogP contribution < -0.4 is 10.6 Å². The van der Waals surface area contributed by atoms with Crippen molar-refractivity contribution in [3.8, 4) is 5.75 Å². The van der Waals surface area contributed by atoms with Crippen molar-refractivity contribution < 1.29 is 9.90 Å². The van der Waals surface area contributed by atoms with Crippen LogP contribution in [0.3, 0.4) is 0 Å². The zero-order chi connectivity index (χ0) is 12.0. The van der Waals surface area contributed by atoms with Gasteiger partial charge in [0.1, 0.15) is 5.75 Å². The van der Waals surface area contributed by atoms with Crippen molar-refractivity contribution in [3.63, 3.8) is 0 Å². The number of carbonyl (C=O) groups excluding carboxylic acids is 1. The van der Waals surface area contributed by atoms with Crippen LogP contribution in [0.25, 0.3) is 0 Å². The molecule has 0 atom stereocenters. The van der Waals surface area contributed by atoms with Gasteiger partial charge in [-0.15, -0.1) is 6.58 Å². The predicted molar refractivity (Wildman–Crippen MR) is 64.5 cm³/mol. The highest BCUT2D eigenvalue weighted by Crippen LogP contribution is 2.19. The van der Waals surface area contributed by atoms with E-state index in [2.05, 4.69) is 17.2 Å². The summed E-state index contributed by atoms with van der Waals surface area (Å²) in [5, 5.41) is 14.9. The number of phenolic OH excluding ortho intramolecular Hbond substituents is 1. The number of aromatic hydroxyl groups is 1. The Hall–Kier alpha value is -1.81. The molecule has 0 bridgehead atoms. The predicted octanol–water partition coefficient (Wildman–Crippen LogP) is 1.41. The smallest absolute Gasteiger partial charge is 0.238 e.